The van der Waals surface area contributed by atoms with E-state index in [4.69, 9.17) is 0 Å². The Bertz CT molecular complexity index is 716. The molecule has 0 radical (unpaired) electrons. The van der Waals surface area contributed by atoms with Crippen molar-refractivity contribution in [2.24, 2.45) is 0 Å². The van der Waals surface area contributed by atoms with E-state index < -0.39 is 5.97 Å². The Balaban J connectivity index is 2.01. The maximum absolute atomic E-state index is 11.7. The van der Waals surface area contributed by atoms with Gasteiger partial charge in [-0.1, -0.05) is 29.5 Å². The SMILES string of the molecule is COC(=O)CNC(=O)CSc1nnnn1-c1ccc(C)cc1C. The highest BCUT2D eigenvalue weighted by Gasteiger charge is 2.13. The van der Waals surface area contributed by atoms with Gasteiger partial charge in [-0.3, -0.25) is 9.59 Å². The Morgan fingerprint density at radius 2 is 2.13 bits per heavy atom. The second-order valence-electron chi connectivity index (χ2n) is 4.80. The normalized spacial score (nSPS) is 10.4. The molecule has 0 aliphatic heterocycles. The minimum absolute atomic E-state index is 0.0995. The van der Waals surface area contributed by atoms with E-state index in [1.165, 1.54) is 18.9 Å². The molecular formula is C14H17N5O3S. The maximum Gasteiger partial charge on any atom is 0.325 e. The molecule has 2 aromatic rings. The summed E-state index contributed by atoms with van der Waals surface area (Å²) in [6.07, 6.45) is 0. The molecule has 9 heteroatoms. The summed E-state index contributed by atoms with van der Waals surface area (Å²) < 4.78 is 6.04. The molecule has 0 spiro atoms. The van der Waals surface area contributed by atoms with Gasteiger partial charge in [0.25, 0.3) is 0 Å². The van der Waals surface area contributed by atoms with Gasteiger partial charge in [-0.2, -0.15) is 4.68 Å². The summed E-state index contributed by atoms with van der Waals surface area (Å²) in [7, 11) is 1.27. The maximum atomic E-state index is 11.7. The van der Waals surface area contributed by atoms with Crippen molar-refractivity contribution in [3.63, 3.8) is 0 Å². The summed E-state index contributed by atoms with van der Waals surface area (Å²) in [5, 5.41) is 14.5. The monoisotopic (exact) mass is 335 g/mol. The third kappa shape index (κ3) is 4.52. The Morgan fingerprint density at radius 1 is 1.35 bits per heavy atom. The van der Waals surface area contributed by atoms with Crippen LogP contribution in [0.5, 0.6) is 0 Å². The summed E-state index contributed by atoms with van der Waals surface area (Å²) in [5.41, 5.74) is 3.04. The minimum atomic E-state index is -0.497. The van der Waals surface area contributed by atoms with E-state index in [2.05, 4.69) is 25.6 Å². The lowest BCUT2D eigenvalue weighted by atomic mass is 10.1. The van der Waals surface area contributed by atoms with Crippen LogP contribution in [-0.2, 0) is 14.3 Å². The number of rotatable bonds is 6. The average molecular weight is 335 g/mol. The fraction of sp³-hybridized carbons (Fsp3) is 0.357. The molecule has 1 amide bonds. The lowest BCUT2D eigenvalue weighted by Crippen LogP contribution is -2.31. The van der Waals surface area contributed by atoms with Crippen LogP contribution in [0.4, 0.5) is 0 Å². The van der Waals surface area contributed by atoms with E-state index >= 15 is 0 Å². The van der Waals surface area contributed by atoms with Crippen LogP contribution in [0.25, 0.3) is 5.69 Å². The number of aromatic nitrogens is 4. The zero-order valence-electron chi connectivity index (χ0n) is 13.1. The van der Waals surface area contributed by atoms with Crippen LogP contribution in [-0.4, -0.2) is 51.5 Å². The minimum Gasteiger partial charge on any atom is -0.468 e. The lowest BCUT2D eigenvalue weighted by Gasteiger charge is -2.08. The topological polar surface area (TPSA) is 99.0 Å². The van der Waals surface area contributed by atoms with Crippen molar-refractivity contribution in [3.05, 3.63) is 29.3 Å². The van der Waals surface area contributed by atoms with Crippen LogP contribution in [0, 0.1) is 13.8 Å². The number of carbonyl (C=O) groups excluding carboxylic acids is 2. The molecule has 1 N–H and O–H groups in total. The quantitative estimate of drug-likeness (QED) is 0.611. The second kappa shape index (κ2) is 7.73. The molecule has 0 unspecified atom stereocenters. The van der Waals surface area contributed by atoms with Crippen LogP contribution >= 0.6 is 11.8 Å². The molecule has 23 heavy (non-hydrogen) atoms. The van der Waals surface area contributed by atoms with E-state index in [1.807, 2.05) is 32.0 Å². The smallest absolute Gasteiger partial charge is 0.325 e. The molecular weight excluding hydrogens is 318 g/mol. The fourth-order valence-corrected chi connectivity index (χ4v) is 2.60. The summed E-state index contributed by atoms with van der Waals surface area (Å²) in [5.74, 6) is -0.693. The molecule has 0 fully saturated rings. The number of methoxy groups -OCH3 is 1. The third-order valence-electron chi connectivity index (χ3n) is 3.01. The van der Waals surface area contributed by atoms with Crippen molar-refractivity contribution in [3.8, 4) is 5.69 Å². The van der Waals surface area contributed by atoms with Crippen LogP contribution < -0.4 is 5.32 Å². The predicted molar refractivity (Wildman–Crippen MR) is 84.4 cm³/mol. The third-order valence-corrected chi connectivity index (χ3v) is 3.93. The van der Waals surface area contributed by atoms with E-state index in [-0.39, 0.29) is 18.2 Å². The van der Waals surface area contributed by atoms with Gasteiger partial charge in [0.15, 0.2) is 0 Å². The van der Waals surface area contributed by atoms with E-state index in [1.54, 1.807) is 4.68 Å². The molecule has 2 rings (SSSR count). The highest BCUT2D eigenvalue weighted by Crippen LogP contribution is 2.21. The summed E-state index contributed by atoms with van der Waals surface area (Å²) in [6, 6.07) is 5.94. The van der Waals surface area contributed by atoms with E-state index in [9.17, 15) is 9.59 Å². The molecule has 0 aliphatic rings. The zero-order valence-corrected chi connectivity index (χ0v) is 13.9. The lowest BCUT2D eigenvalue weighted by molar-refractivity contribution is -0.140. The van der Waals surface area contributed by atoms with Gasteiger partial charge >= 0.3 is 5.97 Å². The number of benzene rings is 1. The number of tetrazole rings is 1. The summed E-state index contributed by atoms with van der Waals surface area (Å²) in [6.45, 7) is 3.83. The fourth-order valence-electron chi connectivity index (χ4n) is 1.89. The van der Waals surface area contributed by atoms with Crippen molar-refractivity contribution < 1.29 is 14.3 Å². The molecule has 0 aliphatic carbocycles. The van der Waals surface area contributed by atoms with E-state index in [0.717, 1.165) is 16.8 Å². The molecule has 0 atom stereocenters. The molecule has 1 heterocycles. The first-order valence-corrected chi connectivity index (χ1v) is 7.82. The number of esters is 1. The molecule has 0 saturated carbocycles. The Kier molecular flexibility index (Phi) is 5.69. The summed E-state index contributed by atoms with van der Waals surface area (Å²) >= 11 is 1.19. The van der Waals surface area contributed by atoms with Gasteiger partial charge in [0.1, 0.15) is 6.54 Å². The van der Waals surface area contributed by atoms with Crippen molar-refractivity contribution in [1.82, 2.24) is 25.5 Å². The number of carbonyl (C=O) groups is 2. The molecule has 122 valence electrons. The van der Waals surface area contributed by atoms with E-state index in [0.29, 0.717) is 5.16 Å². The van der Waals surface area contributed by atoms with Gasteiger partial charge in [0.05, 0.1) is 18.6 Å². The molecule has 1 aromatic heterocycles. The van der Waals surface area contributed by atoms with Gasteiger partial charge in [-0.25, -0.2) is 0 Å². The molecule has 1 aromatic carbocycles. The number of amides is 1. The second-order valence-corrected chi connectivity index (χ2v) is 5.75. The van der Waals surface area contributed by atoms with Crippen LogP contribution in [0.3, 0.4) is 0 Å². The largest absolute Gasteiger partial charge is 0.468 e. The average Bonchev–Trinajstić information content (AvgIpc) is 2.98. The van der Waals surface area contributed by atoms with Crippen molar-refractivity contribution in [2.45, 2.75) is 19.0 Å². The number of ether oxygens (including phenoxy) is 1. The zero-order chi connectivity index (χ0) is 16.8. The van der Waals surface area contributed by atoms with Crippen molar-refractivity contribution in [1.29, 1.82) is 0 Å². The van der Waals surface area contributed by atoms with Gasteiger partial charge in [0, 0.05) is 0 Å². The standard InChI is InChI=1S/C14H17N5O3S/c1-9-4-5-11(10(2)6-9)19-14(16-17-18-19)23-8-12(20)15-7-13(21)22-3/h4-6H,7-8H2,1-3H3,(H,15,20). The Labute approximate surface area is 137 Å². The molecule has 0 saturated heterocycles. The van der Waals surface area contributed by atoms with Crippen molar-refractivity contribution >= 4 is 23.6 Å². The number of thioether (sulfide) groups is 1. The van der Waals surface area contributed by atoms with Crippen molar-refractivity contribution in [2.75, 3.05) is 19.4 Å². The highest BCUT2D eigenvalue weighted by molar-refractivity contribution is 7.99. The highest BCUT2D eigenvalue weighted by atomic mass is 32.2. The Hall–Kier alpha value is -2.42. The summed E-state index contributed by atoms with van der Waals surface area (Å²) in [4.78, 5) is 22.7. The molecule has 0 bridgehead atoms. The van der Waals surface area contributed by atoms with Gasteiger partial charge in [-0.15, -0.1) is 5.10 Å². The van der Waals surface area contributed by atoms with Crippen LogP contribution in [0.2, 0.25) is 0 Å². The first kappa shape index (κ1) is 16.9. The molecule has 8 nitrogen and oxygen atoms in total. The van der Waals surface area contributed by atoms with Gasteiger partial charge < -0.3 is 10.1 Å². The van der Waals surface area contributed by atoms with Gasteiger partial charge in [-0.05, 0) is 35.9 Å². The Morgan fingerprint density at radius 3 is 2.83 bits per heavy atom. The number of nitrogens with zero attached hydrogens (tertiary/aromatic N) is 4. The number of hydrogen-bond acceptors (Lipinski definition) is 7. The number of hydrogen-bond donors (Lipinski definition) is 1. The first-order chi connectivity index (χ1) is 11.0. The first-order valence-electron chi connectivity index (χ1n) is 6.83. The predicted octanol–water partition coefficient (Wildman–Crippen LogP) is 0.660. The van der Waals surface area contributed by atoms with Crippen LogP contribution in [0.15, 0.2) is 23.4 Å². The number of nitrogens with one attached hydrogen (secondary N) is 1. The van der Waals surface area contributed by atoms with Crippen LogP contribution in [0.1, 0.15) is 11.1 Å². The van der Waals surface area contributed by atoms with Gasteiger partial charge in [0.2, 0.25) is 11.1 Å². The number of aryl methyl sites for hydroxylation is 2.